The largest absolute Gasteiger partial charge is 0.468 e. The Labute approximate surface area is 182 Å². The summed E-state index contributed by atoms with van der Waals surface area (Å²) in [5, 5.41) is 29.9. The standard InChI is InChI=1S/C23H36N2O4Si/c1-15(2)20-17(14-25)23(12-18(20)26,21(27)28-7)11-10-19(16(3)13-24)29-30(8,9)22(4,5)6/h15,18-19,26H,3,10-12H2,1-2,4-9H3/t18?,19?,23-/m0/s1. The van der Waals surface area contributed by atoms with Gasteiger partial charge in [0.05, 0.1) is 31.5 Å². The van der Waals surface area contributed by atoms with Crippen LogP contribution < -0.4 is 0 Å². The van der Waals surface area contributed by atoms with Crippen molar-refractivity contribution >= 4 is 14.3 Å². The molecule has 0 saturated heterocycles. The number of carbonyl (C=O) groups is 1. The van der Waals surface area contributed by atoms with E-state index in [0.29, 0.717) is 17.6 Å². The highest BCUT2D eigenvalue weighted by Crippen LogP contribution is 2.50. The molecule has 0 radical (unpaired) electrons. The summed E-state index contributed by atoms with van der Waals surface area (Å²) in [6.07, 6.45) is -0.773. The monoisotopic (exact) mass is 432 g/mol. The lowest BCUT2D eigenvalue weighted by atomic mass is 9.75. The van der Waals surface area contributed by atoms with Crippen molar-refractivity contribution in [3.63, 3.8) is 0 Å². The smallest absolute Gasteiger partial charge is 0.317 e. The van der Waals surface area contributed by atoms with Gasteiger partial charge in [0.1, 0.15) is 5.41 Å². The van der Waals surface area contributed by atoms with Crippen molar-refractivity contribution in [1.82, 2.24) is 0 Å². The SMILES string of the molecule is C=C(C#N)C(CC[C@]1(C(=O)OC)CC(O)C(C(C)C)=C1C#N)O[Si](C)(C)C(C)(C)C. The lowest BCUT2D eigenvalue weighted by Crippen LogP contribution is -2.45. The minimum absolute atomic E-state index is 0.0624. The summed E-state index contributed by atoms with van der Waals surface area (Å²) in [5.74, 6) is -0.614. The zero-order valence-electron chi connectivity index (χ0n) is 19.6. The second-order valence-electron chi connectivity index (χ2n) is 9.93. The number of hydrogen-bond acceptors (Lipinski definition) is 6. The van der Waals surface area contributed by atoms with Gasteiger partial charge in [-0.05, 0) is 48.9 Å². The van der Waals surface area contributed by atoms with E-state index in [9.17, 15) is 20.4 Å². The number of nitrogens with zero attached hydrogens (tertiary/aromatic N) is 2. The van der Waals surface area contributed by atoms with Crippen LogP contribution in [0.3, 0.4) is 0 Å². The maximum absolute atomic E-state index is 12.9. The first-order chi connectivity index (χ1) is 13.7. The molecular formula is C23H36N2O4Si. The molecule has 0 saturated carbocycles. The van der Waals surface area contributed by atoms with E-state index in [4.69, 9.17) is 9.16 Å². The van der Waals surface area contributed by atoms with Crippen molar-refractivity contribution in [2.75, 3.05) is 7.11 Å². The fraction of sp³-hybridized carbons (Fsp3) is 0.696. The van der Waals surface area contributed by atoms with Gasteiger partial charge in [0.2, 0.25) is 0 Å². The van der Waals surface area contributed by atoms with Gasteiger partial charge in [-0.2, -0.15) is 10.5 Å². The van der Waals surface area contributed by atoms with Crippen LogP contribution in [0.2, 0.25) is 18.1 Å². The first-order valence-electron chi connectivity index (χ1n) is 10.4. The van der Waals surface area contributed by atoms with Crippen LogP contribution in [0.1, 0.15) is 53.9 Å². The van der Waals surface area contributed by atoms with E-state index in [0.717, 1.165) is 0 Å². The summed E-state index contributed by atoms with van der Waals surface area (Å²) in [4.78, 5) is 12.9. The van der Waals surface area contributed by atoms with Crippen LogP contribution in [0, 0.1) is 34.0 Å². The molecule has 30 heavy (non-hydrogen) atoms. The molecule has 1 rings (SSSR count). The van der Waals surface area contributed by atoms with E-state index < -0.39 is 31.9 Å². The molecule has 0 amide bonds. The van der Waals surface area contributed by atoms with E-state index in [1.54, 1.807) is 0 Å². The van der Waals surface area contributed by atoms with Gasteiger partial charge in [-0.15, -0.1) is 0 Å². The van der Waals surface area contributed by atoms with E-state index >= 15 is 0 Å². The van der Waals surface area contributed by atoms with Crippen LogP contribution in [0.25, 0.3) is 0 Å². The second-order valence-corrected chi connectivity index (χ2v) is 14.7. The third-order valence-corrected chi connectivity index (χ3v) is 11.1. The van der Waals surface area contributed by atoms with Crippen LogP contribution >= 0.6 is 0 Å². The highest BCUT2D eigenvalue weighted by molar-refractivity contribution is 6.74. The predicted molar refractivity (Wildman–Crippen MR) is 119 cm³/mol. The Hall–Kier alpha value is -1.93. The number of esters is 1. The normalized spacial score (nSPS) is 23.1. The molecule has 6 nitrogen and oxygen atoms in total. The molecule has 3 atom stereocenters. The Morgan fingerprint density at radius 1 is 1.37 bits per heavy atom. The van der Waals surface area contributed by atoms with Gasteiger partial charge in [0.25, 0.3) is 0 Å². The second kappa shape index (κ2) is 9.47. The van der Waals surface area contributed by atoms with Crippen LogP contribution in [0.15, 0.2) is 23.3 Å². The van der Waals surface area contributed by atoms with Gasteiger partial charge in [-0.25, -0.2) is 0 Å². The zero-order valence-corrected chi connectivity index (χ0v) is 20.6. The molecule has 0 aromatic carbocycles. The molecule has 1 N–H and O–H groups in total. The fourth-order valence-corrected chi connectivity index (χ4v) is 5.15. The Balaban J connectivity index is 3.35. The Morgan fingerprint density at radius 3 is 2.33 bits per heavy atom. The summed E-state index contributed by atoms with van der Waals surface area (Å²) in [7, 11) is -0.920. The molecule has 0 heterocycles. The maximum atomic E-state index is 12.9. The summed E-state index contributed by atoms with van der Waals surface area (Å²) < 4.78 is 11.5. The molecule has 0 bridgehead atoms. The number of hydrogen-bond donors (Lipinski definition) is 1. The number of ether oxygens (including phenoxy) is 1. The number of nitriles is 2. The average molecular weight is 433 g/mol. The molecule has 0 fully saturated rings. The van der Waals surface area contributed by atoms with Gasteiger partial charge in [-0.1, -0.05) is 41.2 Å². The summed E-state index contributed by atoms with van der Waals surface area (Å²) in [6, 6.07) is 4.26. The van der Waals surface area contributed by atoms with Gasteiger partial charge < -0.3 is 14.3 Å². The molecule has 7 heteroatoms. The zero-order chi connectivity index (χ0) is 23.5. The van der Waals surface area contributed by atoms with Gasteiger partial charge in [-0.3, -0.25) is 4.79 Å². The van der Waals surface area contributed by atoms with E-state index in [1.165, 1.54) is 7.11 Å². The minimum Gasteiger partial charge on any atom is -0.468 e. The Bertz CT molecular complexity index is 795. The molecule has 0 aliphatic heterocycles. The minimum atomic E-state index is -2.21. The van der Waals surface area contributed by atoms with Crippen LogP contribution in [-0.4, -0.2) is 38.7 Å². The molecule has 2 unspecified atom stereocenters. The van der Waals surface area contributed by atoms with E-state index in [2.05, 4.69) is 52.6 Å². The topological polar surface area (TPSA) is 103 Å². The van der Waals surface area contributed by atoms with Crippen molar-refractivity contribution in [3.8, 4) is 12.1 Å². The first kappa shape index (κ1) is 26.1. The summed E-state index contributed by atoms with van der Waals surface area (Å²) in [5.41, 5.74) is -0.0767. The number of aliphatic hydroxyl groups excluding tert-OH is 1. The highest BCUT2D eigenvalue weighted by atomic mass is 28.4. The third-order valence-electron chi connectivity index (χ3n) is 6.59. The van der Waals surface area contributed by atoms with E-state index in [-0.39, 0.29) is 29.4 Å². The summed E-state index contributed by atoms with van der Waals surface area (Å²) >= 11 is 0. The maximum Gasteiger partial charge on any atom is 0.317 e. The van der Waals surface area contributed by atoms with Crippen LogP contribution in [0.5, 0.6) is 0 Å². The predicted octanol–water partition coefficient (Wildman–Crippen LogP) is 4.64. The van der Waals surface area contributed by atoms with Crippen molar-refractivity contribution in [2.24, 2.45) is 11.3 Å². The number of carbonyl (C=O) groups excluding carboxylic acids is 1. The van der Waals surface area contributed by atoms with Gasteiger partial charge >= 0.3 is 5.97 Å². The van der Waals surface area contributed by atoms with Crippen LogP contribution in [0.4, 0.5) is 0 Å². The van der Waals surface area contributed by atoms with Crippen molar-refractivity contribution in [3.05, 3.63) is 23.3 Å². The number of aliphatic hydroxyl groups is 1. The summed E-state index contributed by atoms with van der Waals surface area (Å²) in [6.45, 7) is 18.2. The fourth-order valence-electron chi connectivity index (χ4n) is 3.83. The molecule has 1 aliphatic carbocycles. The number of rotatable bonds is 8. The van der Waals surface area contributed by atoms with Crippen molar-refractivity contribution < 1.29 is 19.1 Å². The molecule has 166 valence electrons. The van der Waals surface area contributed by atoms with Crippen molar-refractivity contribution in [2.45, 2.75) is 84.2 Å². The van der Waals surface area contributed by atoms with Gasteiger partial charge in [0.15, 0.2) is 8.32 Å². The quantitative estimate of drug-likeness (QED) is 0.340. The highest BCUT2D eigenvalue weighted by Gasteiger charge is 2.53. The van der Waals surface area contributed by atoms with Gasteiger partial charge in [0, 0.05) is 11.1 Å². The van der Waals surface area contributed by atoms with Crippen LogP contribution in [-0.2, 0) is 14.0 Å². The Morgan fingerprint density at radius 2 is 1.93 bits per heavy atom. The first-order valence-corrected chi connectivity index (χ1v) is 13.3. The molecule has 1 aliphatic rings. The third kappa shape index (κ3) is 5.03. The lowest BCUT2D eigenvalue weighted by molar-refractivity contribution is -0.151. The van der Waals surface area contributed by atoms with Crippen molar-refractivity contribution in [1.29, 1.82) is 10.5 Å². The lowest BCUT2D eigenvalue weighted by Gasteiger charge is -2.40. The molecular weight excluding hydrogens is 396 g/mol. The molecule has 0 aromatic rings. The van der Waals surface area contributed by atoms with E-state index in [1.807, 2.05) is 13.8 Å². The molecule has 0 aromatic heterocycles. The average Bonchev–Trinajstić information content (AvgIpc) is 2.95. The number of methoxy groups -OCH3 is 1. The molecule has 0 spiro atoms. The Kier molecular flexibility index (Phi) is 8.24.